The van der Waals surface area contributed by atoms with Crippen molar-refractivity contribution >= 4 is 17.5 Å². The molecule has 8 nitrogen and oxygen atoms in total. The number of morpholine rings is 1. The van der Waals surface area contributed by atoms with Crippen LogP contribution in [0.3, 0.4) is 0 Å². The van der Waals surface area contributed by atoms with Crippen LogP contribution in [0, 0.1) is 0 Å². The maximum absolute atomic E-state index is 5.38. The summed E-state index contributed by atoms with van der Waals surface area (Å²) in [6, 6.07) is 10.5. The SMILES string of the molecule is c1ccc(N2CCN(c3nncc(NCCN4CCOCC4)n3)CC2)cc1. The van der Waals surface area contributed by atoms with E-state index in [1.807, 2.05) is 0 Å². The summed E-state index contributed by atoms with van der Waals surface area (Å²) in [6.45, 7) is 9.20. The summed E-state index contributed by atoms with van der Waals surface area (Å²) in [5.41, 5.74) is 1.27. The molecule has 0 spiro atoms. The standard InChI is InChI=1S/C19H27N7O/c1-2-4-17(5-3-1)25-8-10-26(11-9-25)19-22-18(16-21-23-19)20-6-7-24-12-14-27-15-13-24/h1-5,16H,6-15H2,(H,20,22,23). The van der Waals surface area contributed by atoms with Gasteiger partial charge in [0.2, 0.25) is 5.95 Å². The number of aromatic nitrogens is 3. The van der Waals surface area contributed by atoms with Crippen LogP contribution in [0.4, 0.5) is 17.5 Å². The van der Waals surface area contributed by atoms with Gasteiger partial charge in [0.05, 0.1) is 19.4 Å². The average Bonchev–Trinajstić information content (AvgIpc) is 2.76. The molecule has 2 fully saturated rings. The van der Waals surface area contributed by atoms with Gasteiger partial charge in [-0.2, -0.15) is 10.1 Å². The van der Waals surface area contributed by atoms with Gasteiger partial charge in [-0.05, 0) is 12.1 Å². The van der Waals surface area contributed by atoms with Crippen LogP contribution in [0.5, 0.6) is 0 Å². The van der Waals surface area contributed by atoms with Crippen LogP contribution in [-0.4, -0.2) is 85.7 Å². The number of piperazine rings is 1. The first kappa shape index (κ1) is 17.9. The van der Waals surface area contributed by atoms with E-state index < -0.39 is 0 Å². The minimum Gasteiger partial charge on any atom is -0.379 e. The van der Waals surface area contributed by atoms with Gasteiger partial charge in [0.25, 0.3) is 0 Å². The Morgan fingerprint density at radius 2 is 1.67 bits per heavy atom. The van der Waals surface area contributed by atoms with Crippen molar-refractivity contribution in [1.29, 1.82) is 0 Å². The lowest BCUT2D eigenvalue weighted by molar-refractivity contribution is 0.0398. The van der Waals surface area contributed by atoms with Gasteiger partial charge >= 0.3 is 0 Å². The fourth-order valence-electron chi connectivity index (χ4n) is 3.48. The van der Waals surface area contributed by atoms with Gasteiger partial charge in [0, 0.05) is 58.0 Å². The Morgan fingerprint density at radius 3 is 2.44 bits per heavy atom. The van der Waals surface area contributed by atoms with Crippen LogP contribution in [0.1, 0.15) is 0 Å². The fourth-order valence-corrected chi connectivity index (χ4v) is 3.48. The van der Waals surface area contributed by atoms with Crippen molar-refractivity contribution in [1.82, 2.24) is 20.1 Å². The lowest BCUT2D eigenvalue weighted by Gasteiger charge is -2.35. The minimum atomic E-state index is 0.707. The third-order valence-electron chi connectivity index (χ3n) is 5.07. The van der Waals surface area contributed by atoms with Crippen LogP contribution >= 0.6 is 0 Å². The van der Waals surface area contributed by atoms with Gasteiger partial charge in [-0.15, -0.1) is 5.10 Å². The smallest absolute Gasteiger partial charge is 0.247 e. The van der Waals surface area contributed by atoms with E-state index in [4.69, 9.17) is 4.74 Å². The number of anilines is 3. The zero-order valence-electron chi connectivity index (χ0n) is 15.6. The molecule has 0 unspecified atom stereocenters. The van der Waals surface area contributed by atoms with Crippen molar-refractivity contribution in [3.63, 3.8) is 0 Å². The summed E-state index contributed by atoms with van der Waals surface area (Å²) >= 11 is 0. The van der Waals surface area contributed by atoms with Crippen LogP contribution < -0.4 is 15.1 Å². The number of hydrogen-bond acceptors (Lipinski definition) is 8. The average molecular weight is 369 g/mol. The molecule has 27 heavy (non-hydrogen) atoms. The maximum Gasteiger partial charge on any atom is 0.247 e. The molecule has 0 radical (unpaired) electrons. The largest absolute Gasteiger partial charge is 0.379 e. The third-order valence-corrected chi connectivity index (χ3v) is 5.07. The predicted octanol–water partition coefficient (Wildman–Crippen LogP) is 0.942. The zero-order chi connectivity index (χ0) is 18.3. The van der Waals surface area contributed by atoms with E-state index in [9.17, 15) is 0 Å². The molecule has 2 aliphatic heterocycles. The molecule has 4 rings (SSSR count). The Kier molecular flexibility index (Phi) is 5.96. The second kappa shape index (κ2) is 8.96. The van der Waals surface area contributed by atoms with Crippen LogP contribution in [0.25, 0.3) is 0 Å². The molecule has 144 valence electrons. The number of hydrogen-bond donors (Lipinski definition) is 1. The molecule has 2 saturated heterocycles. The Hall–Kier alpha value is -2.45. The Bertz CT molecular complexity index is 700. The van der Waals surface area contributed by atoms with E-state index in [2.05, 4.69) is 65.5 Å². The van der Waals surface area contributed by atoms with Crippen LogP contribution in [0.2, 0.25) is 0 Å². The molecule has 1 N–H and O–H groups in total. The number of rotatable bonds is 6. The summed E-state index contributed by atoms with van der Waals surface area (Å²) in [7, 11) is 0. The zero-order valence-corrected chi connectivity index (χ0v) is 15.6. The topological polar surface area (TPSA) is 69.7 Å². The van der Waals surface area contributed by atoms with Gasteiger partial charge in [-0.3, -0.25) is 4.90 Å². The highest BCUT2D eigenvalue weighted by Crippen LogP contribution is 2.18. The predicted molar refractivity (Wildman–Crippen MR) is 106 cm³/mol. The quantitative estimate of drug-likeness (QED) is 0.807. The van der Waals surface area contributed by atoms with E-state index in [0.29, 0.717) is 5.95 Å². The molecule has 2 aliphatic rings. The molecular formula is C19H27N7O. The highest BCUT2D eigenvalue weighted by molar-refractivity contribution is 5.48. The van der Waals surface area contributed by atoms with E-state index in [-0.39, 0.29) is 0 Å². The molecular weight excluding hydrogens is 342 g/mol. The van der Waals surface area contributed by atoms with Crippen LogP contribution in [-0.2, 0) is 4.74 Å². The summed E-state index contributed by atoms with van der Waals surface area (Å²) in [6.07, 6.45) is 1.70. The Morgan fingerprint density at radius 1 is 0.926 bits per heavy atom. The number of benzene rings is 1. The first-order valence-corrected chi connectivity index (χ1v) is 9.67. The lowest BCUT2D eigenvalue weighted by Crippen LogP contribution is -2.47. The van der Waals surface area contributed by atoms with E-state index >= 15 is 0 Å². The second-order valence-electron chi connectivity index (χ2n) is 6.83. The van der Waals surface area contributed by atoms with Crippen molar-refractivity contribution < 1.29 is 4.74 Å². The molecule has 0 amide bonds. The first-order chi connectivity index (χ1) is 13.4. The summed E-state index contributed by atoms with van der Waals surface area (Å²) in [5, 5.41) is 11.7. The van der Waals surface area contributed by atoms with Crippen molar-refractivity contribution in [2.45, 2.75) is 0 Å². The van der Waals surface area contributed by atoms with Crippen molar-refractivity contribution in [2.75, 3.05) is 80.7 Å². The van der Waals surface area contributed by atoms with Gasteiger partial charge in [0.15, 0.2) is 5.82 Å². The van der Waals surface area contributed by atoms with Gasteiger partial charge in [-0.1, -0.05) is 18.2 Å². The Balaban J connectivity index is 1.27. The summed E-state index contributed by atoms with van der Waals surface area (Å²) < 4.78 is 5.38. The maximum atomic E-state index is 5.38. The van der Waals surface area contributed by atoms with Gasteiger partial charge in [0.1, 0.15) is 0 Å². The number of nitrogens with one attached hydrogen (secondary N) is 1. The number of ether oxygens (including phenoxy) is 1. The Labute approximate surface area is 160 Å². The third kappa shape index (κ3) is 4.84. The fraction of sp³-hybridized carbons (Fsp3) is 0.526. The van der Waals surface area contributed by atoms with Crippen molar-refractivity contribution in [2.24, 2.45) is 0 Å². The van der Waals surface area contributed by atoms with E-state index in [1.165, 1.54) is 5.69 Å². The molecule has 3 heterocycles. The van der Waals surface area contributed by atoms with E-state index in [0.717, 1.165) is 71.4 Å². The molecule has 1 aromatic carbocycles. The van der Waals surface area contributed by atoms with Gasteiger partial charge < -0.3 is 19.9 Å². The summed E-state index contributed by atoms with van der Waals surface area (Å²) in [4.78, 5) is 11.7. The van der Waals surface area contributed by atoms with Crippen molar-refractivity contribution in [3.05, 3.63) is 36.5 Å². The van der Waals surface area contributed by atoms with Crippen molar-refractivity contribution in [3.8, 4) is 0 Å². The number of para-hydroxylation sites is 1. The highest BCUT2D eigenvalue weighted by Gasteiger charge is 2.19. The molecule has 0 saturated carbocycles. The molecule has 0 atom stereocenters. The molecule has 0 aliphatic carbocycles. The normalized spacial score (nSPS) is 18.5. The van der Waals surface area contributed by atoms with E-state index in [1.54, 1.807) is 6.20 Å². The van der Waals surface area contributed by atoms with Crippen LogP contribution in [0.15, 0.2) is 36.5 Å². The monoisotopic (exact) mass is 369 g/mol. The summed E-state index contributed by atoms with van der Waals surface area (Å²) in [5.74, 6) is 1.50. The minimum absolute atomic E-state index is 0.707. The molecule has 8 heteroatoms. The highest BCUT2D eigenvalue weighted by atomic mass is 16.5. The molecule has 0 bridgehead atoms. The molecule has 2 aromatic rings. The first-order valence-electron chi connectivity index (χ1n) is 9.67. The second-order valence-corrected chi connectivity index (χ2v) is 6.83. The lowest BCUT2D eigenvalue weighted by atomic mass is 10.2. The number of nitrogens with zero attached hydrogens (tertiary/aromatic N) is 6. The van der Waals surface area contributed by atoms with Gasteiger partial charge in [-0.25, -0.2) is 0 Å². The molecule has 1 aromatic heterocycles.